The van der Waals surface area contributed by atoms with Crippen molar-refractivity contribution in [2.45, 2.75) is 33.2 Å². The van der Waals surface area contributed by atoms with Crippen molar-refractivity contribution in [3.8, 4) is 22.6 Å². The number of aromatic nitrogens is 5. The Bertz CT molecular complexity index is 1360. The number of H-pyrrole nitrogens is 1. The molecule has 4 N–H and O–H groups in total. The molecule has 0 spiro atoms. The van der Waals surface area contributed by atoms with Gasteiger partial charge in [0, 0.05) is 49.0 Å². The number of hydrogen-bond acceptors (Lipinski definition) is 6. The summed E-state index contributed by atoms with van der Waals surface area (Å²) in [6.07, 6.45) is 6.62. The van der Waals surface area contributed by atoms with E-state index < -0.39 is 0 Å². The molecule has 0 bridgehead atoms. The molecular weight excluding hydrogens is 428 g/mol. The van der Waals surface area contributed by atoms with Crippen LogP contribution in [0.25, 0.3) is 28.3 Å². The normalized spacial score (nSPS) is 17.9. The Labute approximate surface area is 198 Å². The van der Waals surface area contributed by atoms with Crippen LogP contribution in [0.2, 0.25) is 0 Å². The number of nitrogens with zero attached hydrogens (tertiary/aromatic N) is 5. The number of anilines is 1. The van der Waals surface area contributed by atoms with Crippen LogP contribution in [0.3, 0.4) is 0 Å². The predicted octanol–water partition coefficient (Wildman–Crippen LogP) is 3.14. The molecule has 1 unspecified atom stereocenters. The van der Waals surface area contributed by atoms with Crippen LogP contribution in [0.4, 0.5) is 5.82 Å². The Hall–Kier alpha value is -3.72. The van der Waals surface area contributed by atoms with Crippen molar-refractivity contribution >= 4 is 17.4 Å². The van der Waals surface area contributed by atoms with E-state index in [1.54, 1.807) is 0 Å². The Morgan fingerprint density at radius 1 is 1.26 bits per heavy atom. The minimum absolute atomic E-state index is 0.103. The summed E-state index contributed by atoms with van der Waals surface area (Å²) in [4.78, 5) is 32.4. The zero-order valence-electron chi connectivity index (χ0n) is 20.0. The highest BCUT2D eigenvalue weighted by Gasteiger charge is 2.35. The molecule has 4 aromatic rings. The fourth-order valence-electron chi connectivity index (χ4n) is 4.91. The van der Waals surface area contributed by atoms with Gasteiger partial charge >= 0.3 is 0 Å². The number of fused-ring (bicyclic) bond motifs is 1. The number of pyridine rings is 1. The van der Waals surface area contributed by atoms with Crippen molar-refractivity contribution in [3.63, 3.8) is 0 Å². The van der Waals surface area contributed by atoms with Gasteiger partial charge in [-0.25, -0.2) is 15.0 Å². The third kappa shape index (κ3) is 4.03. The molecule has 5 rings (SSSR count). The third-order valence-electron chi connectivity index (χ3n) is 6.54. The molecular formula is C25H30N8O. The second-order valence-electron chi connectivity index (χ2n) is 9.93. The standard InChI is InChI=1S/C25H30N8O/c1-15-11-28-19-8-7-16(13-33(15)19)20-21(18-6-5-9-27-18)31-23(26)22(30-20)24(34)29-12-17-10-25(2,3)14-32(17)4/h5-9,11,13,17,27H,10,12,14H2,1-4H3,(H2,26,31)(H,29,34). The van der Waals surface area contributed by atoms with E-state index in [4.69, 9.17) is 10.7 Å². The van der Waals surface area contributed by atoms with E-state index in [0.717, 1.165) is 35.6 Å². The van der Waals surface area contributed by atoms with Crippen molar-refractivity contribution in [3.05, 3.63) is 54.2 Å². The summed E-state index contributed by atoms with van der Waals surface area (Å²) in [7, 11) is 2.09. The molecule has 0 saturated carbocycles. The van der Waals surface area contributed by atoms with Gasteiger partial charge in [-0.05, 0) is 50.1 Å². The number of likely N-dealkylation sites (tertiary alicyclic amines) is 1. The second kappa shape index (κ2) is 8.25. The summed E-state index contributed by atoms with van der Waals surface area (Å²) in [5.41, 5.74) is 11.2. The topological polar surface area (TPSA) is 117 Å². The van der Waals surface area contributed by atoms with E-state index in [1.165, 1.54) is 0 Å². The van der Waals surface area contributed by atoms with Gasteiger partial charge in [-0.2, -0.15) is 0 Å². The molecule has 5 heterocycles. The molecule has 4 aromatic heterocycles. The molecule has 9 heteroatoms. The largest absolute Gasteiger partial charge is 0.382 e. The second-order valence-corrected chi connectivity index (χ2v) is 9.93. The van der Waals surface area contributed by atoms with E-state index in [9.17, 15) is 4.79 Å². The number of aryl methyl sites for hydroxylation is 1. The maximum absolute atomic E-state index is 13.2. The average molecular weight is 459 g/mol. The van der Waals surface area contributed by atoms with Gasteiger partial charge in [0.1, 0.15) is 17.0 Å². The van der Waals surface area contributed by atoms with Gasteiger partial charge in [0.2, 0.25) is 0 Å². The summed E-state index contributed by atoms with van der Waals surface area (Å²) in [6.45, 7) is 8.03. The maximum atomic E-state index is 13.2. The van der Waals surface area contributed by atoms with Crippen molar-refractivity contribution in [2.75, 3.05) is 25.9 Å². The lowest BCUT2D eigenvalue weighted by Crippen LogP contribution is -2.38. The number of rotatable bonds is 5. The predicted molar refractivity (Wildman–Crippen MR) is 132 cm³/mol. The minimum atomic E-state index is -0.317. The van der Waals surface area contributed by atoms with Gasteiger partial charge in [-0.15, -0.1) is 0 Å². The summed E-state index contributed by atoms with van der Waals surface area (Å²) in [5.74, 6) is -0.215. The number of likely N-dealkylation sites (N-methyl/N-ethyl adjacent to an activating group) is 1. The first-order valence-corrected chi connectivity index (χ1v) is 11.5. The lowest BCUT2D eigenvalue weighted by Gasteiger charge is -2.19. The number of carbonyl (C=O) groups excluding carboxylic acids is 1. The zero-order chi connectivity index (χ0) is 24.0. The zero-order valence-corrected chi connectivity index (χ0v) is 20.0. The van der Waals surface area contributed by atoms with Crippen molar-refractivity contribution in [1.82, 2.24) is 34.6 Å². The van der Waals surface area contributed by atoms with Crippen molar-refractivity contribution in [2.24, 2.45) is 5.41 Å². The molecule has 1 aliphatic rings. The van der Waals surface area contributed by atoms with Gasteiger partial charge in [-0.3, -0.25) is 4.79 Å². The van der Waals surface area contributed by atoms with E-state index >= 15 is 0 Å². The van der Waals surface area contributed by atoms with Gasteiger partial charge in [0.25, 0.3) is 5.91 Å². The lowest BCUT2D eigenvalue weighted by molar-refractivity contribution is 0.0939. The van der Waals surface area contributed by atoms with Crippen molar-refractivity contribution in [1.29, 1.82) is 0 Å². The van der Waals surface area contributed by atoms with Gasteiger partial charge in [0.15, 0.2) is 11.5 Å². The van der Waals surface area contributed by atoms with Crippen LogP contribution in [-0.2, 0) is 0 Å². The molecule has 1 aliphatic heterocycles. The SMILES string of the molecule is Cc1cnc2ccc(-c3nc(C(=O)NCC4CC(C)(C)CN4C)c(N)nc3-c3ccc[nH]3)cn12. The molecule has 9 nitrogen and oxygen atoms in total. The number of amides is 1. The molecule has 1 saturated heterocycles. The third-order valence-corrected chi connectivity index (χ3v) is 6.54. The molecule has 1 amide bonds. The van der Waals surface area contributed by atoms with Crippen LogP contribution in [0.5, 0.6) is 0 Å². The Kier molecular flexibility index (Phi) is 5.36. The minimum Gasteiger partial charge on any atom is -0.382 e. The molecule has 34 heavy (non-hydrogen) atoms. The van der Waals surface area contributed by atoms with Crippen LogP contribution >= 0.6 is 0 Å². The fourth-order valence-corrected chi connectivity index (χ4v) is 4.91. The molecule has 0 aliphatic carbocycles. The number of imidazole rings is 1. The fraction of sp³-hybridized carbons (Fsp3) is 0.360. The number of hydrogen-bond donors (Lipinski definition) is 3. The first-order chi connectivity index (χ1) is 16.2. The van der Waals surface area contributed by atoms with E-state index in [0.29, 0.717) is 17.9 Å². The Morgan fingerprint density at radius 3 is 2.79 bits per heavy atom. The summed E-state index contributed by atoms with van der Waals surface area (Å²) in [5, 5.41) is 3.03. The Balaban J connectivity index is 1.51. The van der Waals surface area contributed by atoms with Crippen molar-refractivity contribution < 1.29 is 4.79 Å². The highest BCUT2D eigenvalue weighted by atomic mass is 16.1. The highest BCUT2D eigenvalue weighted by molar-refractivity contribution is 5.98. The average Bonchev–Trinajstić information content (AvgIpc) is 3.51. The van der Waals surface area contributed by atoms with Crippen LogP contribution < -0.4 is 11.1 Å². The van der Waals surface area contributed by atoms with Gasteiger partial charge in [-0.1, -0.05) is 13.8 Å². The Morgan fingerprint density at radius 2 is 2.09 bits per heavy atom. The van der Waals surface area contributed by atoms with E-state index in [2.05, 4.69) is 46.1 Å². The number of nitrogens with two attached hydrogens (primary N) is 1. The van der Waals surface area contributed by atoms with Crippen LogP contribution in [0.1, 0.15) is 36.5 Å². The molecule has 0 aromatic carbocycles. The number of carbonyl (C=O) groups is 1. The number of aromatic amines is 1. The van der Waals surface area contributed by atoms with Crippen LogP contribution in [0, 0.1) is 12.3 Å². The molecule has 176 valence electrons. The van der Waals surface area contributed by atoms with Crippen LogP contribution in [-0.4, -0.2) is 61.3 Å². The first kappa shape index (κ1) is 22.1. The summed E-state index contributed by atoms with van der Waals surface area (Å²) < 4.78 is 1.99. The first-order valence-electron chi connectivity index (χ1n) is 11.5. The highest BCUT2D eigenvalue weighted by Crippen LogP contribution is 2.33. The molecule has 1 fully saturated rings. The van der Waals surface area contributed by atoms with Crippen LogP contribution in [0.15, 0.2) is 42.9 Å². The van der Waals surface area contributed by atoms with E-state index in [-0.39, 0.29) is 28.9 Å². The summed E-state index contributed by atoms with van der Waals surface area (Å²) in [6, 6.07) is 7.94. The quantitative estimate of drug-likeness (QED) is 0.423. The number of nitrogen functional groups attached to an aromatic ring is 1. The molecule has 0 radical (unpaired) electrons. The number of nitrogens with one attached hydrogen (secondary N) is 2. The van der Waals surface area contributed by atoms with E-state index in [1.807, 2.05) is 54.2 Å². The monoisotopic (exact) mass is 458 g/mol. The molecule has 1 atom stereocenters. The maximum Gasteiger partial charge on any atom is 0.273 e. The lowest BCUT2D eigenvalue weighted by atomic mass is 9.91. The van der Waals surface area contributed by atoms with Gasteiger partial charge in [0.05, 0.1) is 5.69 Å². The smallest absolute Gasteiger partial charge is 0.273 e. The summed E-state index contributed by atoms with van der Waals surface area (Å²) >= 11 is 0. The van der Waals surface area contributed by atoms with Gasteiger partial charge < -0.3 is 25.3 Å².